The lowest BCUT2D eigenvalue weighted by Gasteiger charge is -2.44. The Kier molecular flexibility index (Phi) is 8.15. The van der Waals surface area contributed by atoms with Crippen molar-refractivity contribution in [2.75, 3.05) is 6.61 Å². The van der Waals surface area contributed by atoms with Crippen molar-refractivity contribution in [3.05, 3.63) is 35.4 Å². The van der Waals surface area contributed by atoms with E-state index < -0.39 is 16.8 Å². The van der Waals surface area contributed by atoms with E-state index >= 15 is 0 Å². The van der Waals surface area contributed by atoms with E-state index in [2.05, 4.69) is 0 Å². The van der Waals surface area contributed by atoms with Crippen molar-refractivity contribution in [2.45, 2.75) is 29.6 Å². The Labute approximate surface area is 180 Å². The van der Waals surface area contributed by atoms with Crippen LogP contribution in [0.5, 0.6) is 0 Å². The molecule has 0 heterocycles. The maximum atomic E-state index is 8.84. The number of alkyl halides is 9. The fourth-order valence-electron chi connectivity index (χ4n) is 1.72. The quantitative estimate of drug-likeness (QED) is 0.417. The van der Waals surface area contributed by atoms with Crippen molar-refractivity contribution in [3.63, 3.8) is 0 Å². The zero-order valence-electron chi connectivity index (χ0n) is 11.3. The van der Waals surface area contributed by atoms with Gasteiger partial charge in [-0.1, -0.05) is 129 Å². The number of rotatable bonds is 6. The molecule has 0 saturated heterocycles. The molecule has 132 valence electrons. The van der Waals surface area contributed by atoms with Crippen LogP contribution in [0, 0.1) is 0 Å². The van der Waals surface area contributed by atoms with Gasteiger partial charge in [-0.2, -0.15) is 0 Å². The molecule has 0 unspecified atom stereocenters. The number of aliphatic hydroxyl groups is 1. The van der Waals surface area contributed by atoms with E-state index in [4.69, 9.17) is 110 Å². The van der Waals surface area contributed by atoms with Crippen molar-refractivity contribution in [1.82, 2.24) is 0 Å². The van der Waals surface area contributed by atoms with Crippen molar-refractivity contribution < 1.29 is 5.11 Å². The number of aliphatic hydroxyl groups excluding tert-OH is 1. The van der Waals surface area contributed by atoms with Crippen molar-refractivity contribution in [2.24, 2.45) is 0 Å². The van der Waals surface area contributed by atoms with Gasteiger partial charge in [0, 0.05) is 6.61 Å². The third kappa shape index (κ3) is 4.75. The third-order valence-electron chi connectivity index (χ3n) is 3.08. The lowest BCUT2D eigenvalue weighted by Crippen LogP contribution is -2.54. The zero-order chi connectivity index (χ0) is 18.1. The van der Waals surface area contributed by atoms with Crippen LogP contribution >= 0.6 is 104 Å². The first-order valence-electron chi connectivity index (χ1n) is 6.19. The van der Waals surface area contributed by atoms with Crippen LogP contribution in [0.15, 0.2) is 24.3 Å². The number of hydrogen-bond acceptors (Lipinski definition) is 1. The highest BCUT2D eigenvalue weighted by Gasteiger charge is 2.68. The van der Waals surface area contributed by atoms with Gasteiger partial charge in [0.15, 0.2) is 8.67 Å². The first-order chi connectivity index (χ1) is 10.3. The Balaban J connectivity index is 3.19. The minimum absolute atomic E-state index is 0.0907. The predicted molar refractivity (Wildman–Crippen MR) is 104 cm³/mol. The highest BCUT2D eigenvalue weighted by molar-refractivity contribution is 6.80. The molecule has 0 atom stereocenters. The Hall–Kier alpha value is 1.79. The van der Waals surface area contributed by atoms with E-state index in [-0.39, 0.29) is 6.61 Å². The molecule has 0 fully saturated rings. The number of aryl methyl sites for hydroxylation is 1. The van der Waals surface area contributed by atoms with Gasteiger partial charge in [0.25, 0.3) is 0 Å². The summed E-state index contributed by atoms with van der Waals surface area (Å²) in [6.45, 7) is 0.0907. The summed E-state index contributed by atoms with van der Waals surface area (Å²) >= 11 is 54.4. The molecule has 0 radical (unpaired) electrons. The molecule has 1 rings (SSSR count). The topological polar surface area (TPSA) is 20.2 Å². The maximum Gasteiger partial charge on any atom is 0.226 e. The van der Waals surface area contributed by atoms with Crippen LogP contribution in [0.4, 0.5) is 0 Å². The molecule has 1 aromatic rings. The second kappa shape index (κ2) is 8.21. The van der Waals surface area contributed by atoms with Gasteiger partial charge in [0.2, 0.25) is 8.13 Å². The van der Waals surface area contributed by atoms with Gasteiger partial charge in [0.05, 0.1) is 0 Å². The van der Waals surface area contributed by atoms with Gasteiger partial charge in [0.1, 0.15) is 0 Å². The minimum atomic E-state index is -2.31. The highest BCUT2D eigenvalue weighted by Crippen LogP contribution is 2.65. The van der Waals surface area contributed by atoms with Gasteiger partial charge in [-0.25, -0.2) is 0 Å². The summed E-state index contributed by atoms with van der Waals surface area (Å²) in [6, 6.07) is 6.73. The molecule has 10 heteroatoms. The molecule has 23 heavy (non-hydrogen) atoms. The van der Waals surface area contributed by atoms with Crippen LogP contribution in [0.3, 0.4) is 0 Å². The smallest absolute Gasteiger partial charge is 0.226 e. The van der Waals surface area contributed by atoms with Crippen LogP contribution < -0.4 is 0 Å². The second-order valence-corrected chi connectivity index (χ2v) is 11.0. The normalized spacial score (nSPS) is 14.2. The molecule has 1 aromatic carbocycles. The van der Waals surface area contributed by atoms with Crippen LogP contribution in [-0.2, 0) is 10.8 Å². The molecular weight excluding hydrogens is 491 g/mol. The fourth-order valence-corrected chi connectivity index (χ4v) is 3.95. The van der Waals surface area contributed by atoms with E-state index in [9.17, 15) is 0 Å². The molecule has 0 aliphatic heterocycles. The maximum absolute atomic E-state index is 8.84. The first-order valence-corrected chi connectivity index (χ1v) is 9.59. The average molecular weight is 502 g/mol. The van der Waals surface area contributed by atoms with Crippen molar-refractivity contribution in [3.8, 4) is 0 Å². The van der Waals surface area contributed by atoms with Crippen LogP contribution in [0.25, 0.3) is 0 Å². The van der Waals surface area contributed by atoms with Gasteiger partial charge < -0.3 is 5.11 Å². The Morgan fingerprint density at radius 1 is 0.739 bits per heavy atom. The number of benzene rings is 1. The highest BCUT2D eigenvalue weighted by atomic mass is 35.6. The molecule has 1 N–H and O–H groups in total. The summed E-state index contributed by atoms with van der Waals surface area (Å²) < 4.78 is -8.80. The largest absolute Gasteiger partial charge is 0.396 e. The van der Waals surface area contributed by atoms with Crippen LogP contribution in [0.2, 0.25) is 0 Å². The van der Waals surface area contributed by atoms with Crippen LogP contribution in [-0.4, -0.2) is 24.2 Å². The molecule has 0 aliphatic rings. The molecule has 0 bridgehead atoms. The predicted octanol–water partition coefficient (Wildman–Crippen LogP) is 6.96. The van der Waals surface area contributed by atoms with E-state index in [1.807, 2.05) is 0 Å². The summed E-state index contributed by atoms with van der Waals surface area (Å²) in [6.07, 6.45) is 1.31. The molecule has 0 amide bonds. The van der Waals surface area contributed by atoms with E-state index in [0.717, 1.165) is 5.56 Å². The standard InChI is InChI=1S/C13H11Cl9O/c14-10(15,11(16,17)12(18,19)13(20,21)22)9-5-3-8(4-6-9)2-1-7-23/h3-6,23H,1-2,7H2. The Bertz CT molecular complexity index is 519. The van der Waals surface area contributed by atoms with Crippen molar-refractivity contribution in [1.29, 1.82) is 0 Å². The molecule has 0 aliphatic carbocycles. The summed E-state index contributed by atoms with van der Waals surface area (Å²) in [4.78, 5) is 0. The summed E-state index contributed by atoms with van der Waals surface area (Å²) in [5.74, 6) is 0. The number of halogens is 9. The summed E-state index contributed by atoms with van der Waals surface area (Å²) in [5.41, 5.74) is 1.28. The molecule has 0 saturated carbocycles. The Morgan fingerprint density at radius 3 is 1.61 bits per heavy atom. The number of hydrogen-bond donors (Lipinski definition) is 1. The van der Waals surface area contributed by atoms with Gasteiger partial charge in [-0.05, 0) is 24.0 Å². The molecular formula is C13H11Cl9O. The monoisotopic (exact) mass is 498 g/mol. The van der Waals surface area contributed by atoms with Gasteiger partial charge >= 0.3 is 0 Å². The fraction of sp³-hybridized carbons (Fsp3) is 0.538. The molecule has 0 aromatic heterocycles. The van der Waals surface area contributed by atoms with Gasteiger partial charge in [-0.3, -0.25) is 0 Å². The van der Waals surface area contributed by atoms with Crippen LogP contribution in [0.1, 0.15) is 17.5 Å². The van der Waals surface area contributed by atoms with E-state index in [0.29, 0.717) is 18.4 Å². The minimum Gasteiger partial charge on any atom is -0.396 e. The second-order valence-electron chi connectivity index (χ2n) is 4.75. The molecule has 1 nitrogen and oxygen atoms in total. The summed E-state index contributed by atoms with van der Waals surface area (Å²) in [7, 11) is 0. The SMILES string of the molecule is OCCCc1ccc(C(Cl)(Cl)C(Cl)(Cl)C(Cl)(Cl)C(Cl)(Cl)Cl)cc1. The third-order valence-corrected chi connectivity index (χ3v) is 8.56. The van der Waals surface area contributed by atoms with E-state index in [1.165, 1.54) is 0 Å². The molecule has 0 spiro atoms. The first kappa shape index (κ1) is 22.8. The Morgan fingerprint density at radius 2 is 1.22 bits per heavy atom. The van der Waals surface area contributed by atoms with E-state index in [1.54, 1.807) is 24.3 Å². The zero-order valence-corrected chi connectivity index (χ0v) is 18.1. The van der Waals surface area contributed by atoms with Gasteiger partial charge in [-0.15, -0.1) is 0 Å². The lowest BCUT2D eigenvalue weighted by molar-refractivity contribution is 0.288. The summed E-state index contributed by atoms with van der Waals surface area (Å²) in [5, 5.41) is 8.84. The average Bonchev–Trinajstić information content (AvgIpc) is 2.44. The lowest BCUT2D eigenvalue weighted by atomic mass is 10.0. The van der Waals surface area contributed by atoms with Crippen molar-refractivity contribution >= 4 is 104 Å².